The number of ether oxygens (including phenoxy) is 2. The van der Waals surface area contributed by atoms with Gasteiger partial charge in [-0.3, -0.25) is 4.57 Å². The van der Waals surface area contributed by atoms with Gasteiger partial charge in [-0.05, 0) is 38.2 Å². The first-order valence-electron chi connectivity index (χ1n) is 6.96. The van der Waals surface area contributed by atoms with Crippen molar-refractivity contribution in [3.8, 4) is 0 Å². The highest BCUT2D eigenvalue weighted by Gasteiger charge is 2.29. The summed E-state index contributed by atoms with van der Waals surface area (Å²) in [7, 11) is -0.591. The number of rotatable bonds is 7. The summed E-state index contributed by atoms with van der Waals surface area (Å²) in [5.74, 6) is 0. The van der Waals surface area contributed by atoms with Crippen molar-refractivity contribution < 1.29 is 23.1 Å². The van der Waals surface area contributed by atoms with E-state index in [-0.39, 0.29) is 12.9 Å². The largest absolute Gasteiger partial charge is 0.366 e. The third kappa shape index (κ3) is 5.17. The van der Waals surface area contributed by atoms with Crippen molar-refractivity contribution in [2.45, 2.75) is 45.8 Å². The first-order chi connectivity index (χ1) is 9.55. The van der Waals surface area contributed by atoms with E-state index in [2.05, 4.69) is 5.73 Å². The molecule has 20 heavy (non-hydrogen) atoms. The van der Waals surface area contributed by atoms with Crippen LogP contribution in [0.25, 0.3) is 0 Å². The Bertz CT molecular complexity index is 398. The van der Waals surface area contributed by atoms with E-state index in [4.69, 9.17) is 18.5 Å². The number of hydrogen-bond acceptors (Lipinski definition) is 5. The van der Waals surface area contributed by atoms with Gasteiger partial charge >= 0.3 is 7.60 Å². The highest BCUT2D eigenvalue weighted by atomic mass is 31.2. The van der Waals surface area contributed by atoms with Gasteiger partial charge in [0.05, 0.1) is 6.61 Å². The van der Waals surface area contributed by atoms with Crippen molar-refractivity contribution in [3.05, 3.63) is 16.6 Å². The summed E-state index contributed by atoms with van der Waals surface area (Å²) in [6, 6.07) is 0. The molecule has 0 saturated carbocycles. The molecule has 116 valence electrons. The normalized spacial score (nSPS) is 19.5. The van der Waals surface area contributed by atoms with Crippen LogP contribution in [-0.2, 0) is 23.1 Å². The van der Waals surface area contributed by atoms with Crippen LogP contribution in [0.4, 0.5) is 0 Å². The minimum atomic E-state index is -3.32. The maximum absolute atomic E-state index is 12.5. The van der Waals surface area contributed by atoms with Crippen molar-refractivity contribution in [1.29, 1.82) is 0 Å². The van der Waals surface area contributed by atoms with Crippen LogP contribution in [-0.4, -0.2) is 33.7 Å². The fourth-order valence-electron chi connectivity index (χ4n) is 1.83. The quantitative estimate of drug-likeness (QED) is 0.528. The van der Waals surface area contributed by atoms with Gasteiger partial charge in [-0.25, -0.2) is 0 Å². The van der Waals surface area contributed by atoms with Crippen LogP contribution >= 0.6 is 7.60 Å². The van der Waals surface area contributed by atoms with Gasteiger partial charge in [0.25, 0.3) is 0 Å². The van der Waals surface area contributed by atoms with Crippen LogP contribution in [0, 0.1) is 0 Å². The Morgan fingerprint density at radius 1 is 1.35 bits per heavy atom. The Morgan fingerprint density at radius 2 is 2.05 bits per heavy atom. The third-order valence-corrected chi connectivity index (χ3v) is 5.11. The van der Waals surface area contributed by atoms with Crippen LogP contribution in [0.2, 0.25) is 0 Å². The summed E-state index contributed by atoms with van der Waals surface area (Å²) in [5.41, 5.74) is 4.06. The van der Waals surface area contributed by atoms with Gasteiger partial charge in [0, 0.05) is 20.8 Å². The molecular weight excluding hydrogens is 279 g/mol. The molecule has 1 heterocycles. The SMILES string of the molecule is CCC(C)=C=C(COC1CCCCO1)P(=O)(OC)OC. The predicted octanol–water partition coefficient (Wildman–Crippen LogP) is 3.85. The van der Waals surface area contributed by atoms with E-state index < -0.39 is 7.60 Å². The smallest absolute Gasteiger partial charge is 0.353 e. The summed E-state index contributed by atoms with van der Waals surface area (Å²) in [4.78, 5) is 0. The summed E-state index contributed by atoms with van der Waals surface area (Å²) in [6.07, 6.45) is 3.57. The Morgan fingerprint density at radius 3 is 2.55 bits per heavy atom. The molecule has 0 aromatic carbocycles. The Balaban J connectivity index is 2.83. The fraction of sp³-hybridized carbons (Fsp3) is 0.786. The summed E-state index contributed by atoms with van der Waals surface area (Å²) in [6.45, 7) is 4.78. The first kappa shape index (κ1) is 17.6. The molecular formula is C14H25O5P. The van der Waals surface area contributed by atoms with Crippen LogP contribution in [0.3, 0.4) is 0 Å². The lowest BCUT2D eigenvalue weighted by Crippen LogP contribution is -2.23. The van der Waals surface area contributed by atoms with Crippen LogP contribution in [0.15, 0.2) is 16.6 Å². The van der Waals surface area contributed by atoms with E-state index in [9.17, 15) is 4.57 Å². The highest BCUT2D eigenvalue weighted by molar-refractivity contribution is 7.58. The van der Waals surface area contributed by atoms with Crippen LogP contribution < -0.4 is 0 Å². The van der Waals surface area contributed by atoms with Crippen LogP contribution in [0.5, 0.6) is 0 Å². The molecule has 1 aliphatic heterocycles. The van der Waals surface area contributed by atoms with Gasteiger partial charge in [-0.1, -0.05) is 6.92 Å². The minimum Gasteiger partial charge on any atom is -0.353 e. The molecule has 1 rings (SSSR count). The van der Waals surface area contributed by atoms with Gasteiger partial charge in [-0.2, -0.15) is 0 Å². The number of hydrogen-bond donors (Lipinski definition) is 0. The molecule has 6 heteroatoms. The molecule has 1 atom stereocenters. The van der Waals surface area contributed by atoms with Gasteiger partial charge < -0.3 is 18.5 Å². The lowest BCUT2D eigenvalue weighted by molar-refractivity contribution is -0.156. The van der Waals surface area contributed by atoms with Crippen molar-refractivity contribution >= 4 is 7.60 Å². The standard InChI is InChI=1S/C14H25O5P/c1-5-12(2)10-13(20(15,16-3)17-4)11-19-14-8-6-7-9-18-14/h14H,5-9,11H2,1-4H3. The molecule has 1 aliphatic rings. The molecule has 1 saturated heterocycles. The van der Waals surface area contributed by atoms with Gasteiger partial charge in [0.2, 0.25) is 0 Å². The van der Waals surface area contributed by atoms with Gasteiger partial charge in [-0.15, -0.1) is 5.73 Å². The Hall–Kier alpha value is -0.410. The summed E-state index contributed by atoms with van der Waals surface area (Å²) in [5, 5.41) is 0.413. The first-order valence-corrected chi connectivity index (χ1v) is 8.50. The van der Waals surface area contributed by atoms with Gasteiger partial charge in [0.15, 0.2) is 6.29 Å². The third-order valence-electron chi connectivity index (χ3n) is 3.24. The van der Waals surface area contributed by atoms with Crippen molar-refractivity contribution in [1.82, 2.24) is 0 Å². The molecule has 0 amide bonds. The van der Waals surface area contributed by atoms with Crippen molar-refractivity contribution in [3.63, 3.8) is 0 Å². The van der Waals surface area contributed by atoms with E-state index in [1.54, 1.807) is 0 Å². The summed E-state index contributed by atoms with van der Waals surface area (Å²) < 4.78 is 33.7. The fourth-order valence-corrected chi connectivity index (χ4v) is 2.98. The Labute approximate surface area is 121 Å². The zero-order valence-corrected chi connectivity index (χ0v) is 13.7. The molecule has 0 bridgehead atoms. The average molecular weight is 304 g/mol. The highest BCUT2D eigenvalue weighted by Crippen LogP contribution is 2.54. The molecule has 0 radical (unpaired) electrons. The molecule has 1 fully saturated rings. The monoisotopic (exact) mass is 304 g/mol. The zero-order valence-electron chi connectivity index (χ0n) is 12.8. The van der Waals surface area contributed by atoms with Gasteiger partial charge in [0.1, 0.15) is 5.31 Å². The van der Waals surface area contributed by atoms with E-state index in [0.29, 0.717) is 11.9 Å². The minimum absolute atomic E-state index is 0.140. The lowest BCUT2D eigenvalue weighted by atomic mass is 10.2. The van der Waals surface area contributed by atoms with E-state index in [1.165, 1.54) is 14.2 Å². The predicted molar refractivity (Wildman–Crippen MR) is 77.7 cm³/mol. The molecule has 0 aliphatic carbocycles. The van der Waals surface area contributed by atoms with E-state index in [1.807, 2.05) is 13.8 Å². The molecule has 0 N–H and O–H groups in total. The molecule has 5 nitrogen and oxygen atoms in total. The van der Waals surface area contributed by atoms with Crippen molar-refractivity contribution in [2.24, 2.45) is 0 Å². The second-order valence-electron chi connectivity index (χ2n) is 4.68. The van der Waals surface area contributed by atoms with E-state index >= 15 is 0 Å². The van der Waals surface area contributed by atoms with E-state index in [0.717, 1.165) is 31.3 Å². The molecule has 0 spiro atoms. The summed E-state index contributed by atoms with van der Waals surface area (Å²) >= 11 is 0. The Kier molecular flexibility index (Phi) is 7.75. The van der Waals surface area contributed by atoms with Crippen molar-refractivity contribution in [2.75, 3.05) is 27.4 Å². The molecule has 0 aromatic heterocycles. The van der Waals surface area contributed by atoms with Crippen LogP contribution in [0.1, 0.15) is 39.5 Å². The average Bonchev–Trinajstić information content (AvgIpc) is 2.51. The maximum Gasteiger partial charge on any atom is 0.366 e. The maximum atomic E-state index is 12.5. The second-order valence-corrected chi connectivity index (χ2v) is 6.94. The lowest BCUT2D eigenvalue weighted by Gasteiger charge is -2.24. The second kappa shape index (κ2) is 8.78. The zero-order chi connectivity index (χ0) is 15.0. The molecule has 0 aromatic rings. The topological polar surface area (TPSA) is 54.0 Å². The molecule has 1 unspecified atom stereocenters.